The molecule has 1 aromatic heterocycles. The van der Waals surface area contributed by atoms with Gasteiger partial charge in [-0.3, -0.25) is 14.7 Å². The van der Waals surface area contributed by atoms with Crippen molar-refractivity contribution < 1.29 is 9.53 Å². The molecular weight excluding hydrogens is 489 g/mol. The Balaban J connectivity index is 1.29. The molecular formula is C24H21Cl2N7O2. The Morgan fingerprint density at radius 3 is 2.46 bits per heavy atom. The number of hydrogen-bond donors (Lipinski definition) is 1. The molecule has 11 heteroatoms. The van der Waals surface area contributed by atoms with Crippen LogP contribution in [0.1, 0.15) is 10.4 Å². The molecule has 0 bridgehead atoms. The molecule has 0 unspecified atom stereocenters. The number of aromatic nitrogens is 2. The van der Waals surface area contributed by atoms with E-state index in [-0.39, 0.29) is 5.91 Å². The maximum atomic E-state index is 13.5. The monoisotopic (exact) mass is 509 g/mol. The van der Waals surface area contributed by atoms with Gasteiger partial charge in [-0.25, -0.2) is 9.88 Å². The SMILES string of the molecule is O=C1c2cnc(Nc3ccc(N4CCOCC4)cc3)nc2N2CCN=C2N1c1c(Cl)cccc1Cl. The number of nitrogens with zero attached hydrogens (tertiary/aromatic N) is 6. The highest BCUT2D eigenvalue weighted by Gasteiger charge is 2.41. The van der Waals surface area contributed by atoms with Crippen molar-refractivity contribution in [2.75, 3.05) is 59.4 Å². The Morgan fingerprint density at radius 1 is 0.971 bits per heavy atom. The first kappa shape index (κ1) is 22.1. The summed E-state index contributed by atoms with van der Waals surface area (Å²) in [6, 6.07) is 13.2. The van der Waals surface area contributed by atoms with Gasteiger partial charge in [0.1, 0.15) is 5.56 Å². The third-order valence-corrected chi connectivity index (χ3v) is 6.75. The van der Waals surface area contributed by atoms with Gasteiger partial charge in [0.05, 0.1) is 35.5 Å². The van der Waals surface area contributed by atoms with E-state index in [9.17, 15) is 4.79 Å². The molecule has 1 N–H and O–H groups in total. The van der Waals surface area contributed by atoms with Crippen LogP contribution in [0, 0.1) is 0 Å². The Hall–Kier alpha value is -3.40. The average molecular weight is 510 g/mol. The van der Waals surface area contributed by atoms with Crippen LogP contribution in [0.5, 0.6) is 0 Å². The highest BCUT2D eigenvalue weighted by Crippen LogP contribution is 2.39. The Kier molecular flexibility index (Phi) is 5.68. The van der Waals surface area contributed by atoms with E-state index in [0.717, 1.165) is 37.7 Å². The van der Waals surface area contributed by atoms with Gasteiger partial charge in [0.2, 0.25) is 11.9 Å². The van der Waals surface area contributed by atoms with Crippen molar-refractivity contribution in [3.8, 4) is 0 Å². The number of carbonyl (C=O) groups excluding carboxylic acids is 1. The lowest BCUT2D eigenvalue weighted by Crippen LogP contribution is -2.51. The van der Waals surface area contributed by atoms with Gasteiger partial charge in [0.15, 0.2) is 5.82 Å². The minimum Gasteiger partial charge on any atom is -0.378 e. The number of benzene rings is 2. The molecule has 3 aliphatic heterocycles. The Bertz CT molecular complexity index is 1310. The summed E-state index contributed by atoms with van der Waals surface area (Å²) in [5.41, 5.74) is 2.76. The maximum Gasteiger partial charge on any atom is 0.270 e. The van der Waals surface area contributed by atoms with Crippen LogP contribution in [0.25, 0.3) is 0 Å². The Labute approximate surface area is 211 Å². The zero-order valence-corrected chi connectivity index (χ0v) is 20.1. The summed E-state index contributed by atoms with van der Waals surface area (Å²) in [6.45, 7) is 4.35. The number of guanidine groups is 1. The molecule has 0 radical (unpaired) electrons. The van der Waals surface area contributed by atoms with Gasteiger partial charge < -0.3 is 15.0 Å². The smallest absolute Gasteiger partial charge is 0.270 e. The van der Waals surface area contributed by atoms with Gasteiger partial charge in [-0.2, -0.15) is 4.98 Å². The molecule has 35 heavy (non-hydrogen) atoms. The summed E-state index contributed by atoms with van der Waals surface area (Å²) in [6.07, 6.45) is 1.53. The number of hydrogen-bond acceptors (Lipinski definition) is 8. The second kappa shape index (κ2) is 8.99. The summed E-state index contributed by atoms with van der Waals surface area (Å²) in [5, 5.41) is 3.97. The number of halogens is 2. The molecule has 1 amide bonds. The molecule has 178 valence electrons. The molecule has 0 spiro atoms. The first-order valence-electron chi connectivity index (χ1n) is 11.3. The Morgan fingerprint density at radius 2 is 1.71 bits per heavy atom. The number of rotatable bonds is 4. The molecule has 2 aromatic carbocycles. The number of anilines is 5. The fourth-order valence-electron chi connectivity index (χ4n) is 4.44. The first-order chi connectivity index (χ1) is 17.1. The number of aliphatic imine (C=N–C) groups is 1. The lowest BCUT2D eigenvalue weighted by molar-refractivity contribution is 0.0999. The highest BCUT2D eigenvalue weighted by molar-refractivity contribution is 6.43. The van der Waals surface area contributed by atoms with Crippen molar-refractivity contribution in [2.24, 2.45) is 4.99 Å². The van der Waals surface area contributed by atoms with Gasteiger partial charge in [0.25, 0.3) is 5.91 Å². The van der Waals surface area contributed by atoms with E-state index in [4.69, 9.17) is 27.9 Å². The fraction of sp³-hybridized carbons (Fsp3) is 0.250. The summed E-state index contributed by atoms with van der Waals surface area (Å²) in [7, 11) is 0. The number of carbonyl (C=O) groups is 1. The zero-order chi connectivity index (χ0) is 23.9. The maximum absolute atomic E-state index is 13.5. The van der Waals surface area contributed by atoms with Crippen molar-refractivity contribution in [1.29, 1.82) is 0 Å². The quantitative estimate of drug-likeness (QED) is 0.563. The van der Waals surface area contributed by atoms with Crippen LogP contribution in [0.2, 0.25) is 10.0 Å². The van der Waals surface area contributed by atoms with Crippen LogP contribution in [-0.4, -0.2) is 61.2 Å². The summed E-state index contributed by atoms with van der Waals surface area (Å²) in [4.78, 5) is 32.8. The molecule has 3 aliphatic rings. The molecule has 0 aliphatic carbocycles. The molecule has 1 fully saturated rings. The second-order valence-corrected chi connectivity index (χ2v) is 9.06. The fourth-order valence-corrected chi connectivity index (χ4v) is 5.01. The molecule has 0 atom stereocenters. The van der Waals surface area contributed by atoms with E-state index in [1.807, 2.05) is 17.0 Å². The summed E-state index contributed by atoms with van der Waals surface area (Å²) >= 11 is 12.8. The van der Waals surface area contributed by atoms with Crippen LogP contribution in [0.15, 0.2) is 53.7 Å². The van der Waals surface area contributed by atoms with Gasteiger partial charge in [-0.1, -0.05) is 29.3 Å². The topological polar surface area (TPSA) is 86.2 Å². The largest absolute Gasteiger partial charge is 0.378 e. The van der Waals surface area contributed by atoms with E-state index in [1.165, 1.54) is 11.1 Å². The van der Waals surface area contributed by atoms with Gasteiger partial charge in [-0.15, -0.1) is 0 Å². The number of para-hydroxylation sites is 1. The molecule has 0 saturated carbocycles. The molecule has 1 saturated heterocycles. The predicted molar refractivity (Wildman–Crippen MR) is 138 cm³/mol. The van der Waals surface area contributed by atoms with Crippen LogP contribution >= 0.6 is 23.2 Å². The average Bonchev–Trinajstić information content (AvgIpc) is 3.37. The van der Waals surface area contributed by atoms with E-state index < -0.39 is 0 Å². The highest BCUT2D eigenvalue weighted by atomic mass is 35.5. The van der Waals surface area contributed by atoms with E-state index in [0.29, 0.717) is 52.1 Å². The van der Waals surface area contributed by atoms with E-state index >= 15 is 0 Å². The van der Waals surface area contributed by atoms with Crippen LogP contribution in [-0.2, 0) is 4.74 Å². The van der Waals surface area contributed by atoms with Crippen LogP contribution in [0.3, 0.4) is 0 Å². The van der Waals surface area contributed by atoms with Crippen molar-refractivity contribution >= 4 is 63.9 Å². The zero-order valence-electron chi connectivity index (χ0n) is 18.6. The van der Waals surface area contributed by atoms with Crippen molar-refractivity contribution in [3.63, 3.8) is 0 Å². The van der Waals surface area contributed by atoms with E-state index in [1.54, 1.807) is 18.2 Å². The summed E-state index contributed by atoms with van der Waals surface area (Å²) in [5.74, 6) is 1.03. The summed E-state index contributed by atoms with van der Waals surface area (Å²) < 4.78 is 5.43. The number of ether oxygens (including phenoxy) is 1. The number of morpholine rings is 1. The normalized spacial score (nSPS) is 17.3. The predicted octanol–water partition coefficient (Wildman–Crippen LogP) is 4.20. The molecule has 6 rings (SSSR count). The lowest BCUT2D eigenvalue weighted by Gasteiger charge is -2.35. The van der Waals surface area contributed by atoms with Gasteiger partial charge in [-0.05, 0) is 36.4 Å². The first-order valence-corrected chi connectivity index (χ1v) is 12.0. The third kappa shape index (κ3) is 3.95. The standard InChI is InChI=1S/C24H21Cl2N7O2/c25-18-2-1-3-19(26)20(18)33-22(34)17-14-28-23(30-21(17)32-9-8-27-24(32)33)29-15-4-6-16(7-5-15)31-10-12-35-13-11-31/h1-7,14H,8-13H2,(H,28,29,30). The van der Waals surface area contributed by atoms with Crippen molar-refractivity contribution in [3.05, 3.63) is 64.3 Å². The van der Waals surface area contributed by atoms with Crippen LogP contribution in [0.4, 0.5) is 28.8 Å². The molecule has 9 nitrogen and oxygen atoms in total. The third-order valence-electron chi connectivity index (χ3n) is 6.14. The number of fused-ring (bicyclic) bond motifs is 3. The van der Waals surface area contributed by atoms with Crippen molar-refractivity contribution in [1.82, 2.24) is 9.97 Å². The number of nitrogens with one attached hydrogen (secondary N) is 1. The number of amides is 1. The molecule has 3 aromatic rings. The van der Waals surface area contributed by atoms with Crippen molar-refractivity contribution in [2.45, 2.75) is 0 Å². The molecule has 4 heterocycles. The second-order valence-electron chi connectivity index (χ2n) is 8.25. The van der Waals surface area contributed by atoms with Gasteiger partial charge >= 0.3 is 0 Å². The minimum absolute atomic E-state index is 0.326. The minimum atomic E-state index is -0.326. The lowest BCUT2D eigenvalue weighted by atomic mass is 10.1. The van der Waals surface area contributed by atoms with E-state index in [2.05, 4.69) is 37.3 Å². The van der Waals surface area contributed by atoms with Crippen LogP contribution < -0.4 is 20.0 Å². The van der Waals surface area contributed by atoms with Gasteiger partial charge in [0, 0.05) is 37.2 Å².